The molecule has 2 aromatic carbocycles. The average molecular weight is 277 g/mol. The van der Waals surface area contributed by atoms with Crippen LogP contribution in [0.5, 0.6) is 0 Å². The molecule has 0 N–H and O–H groups in total. The first-order valence-electron chi connectivity index (χ1n) is 6.43. The molecule has 0 aliphatic heterocycles. The maximum absolute atomic E-state index is 5.38. The fraction of sp³-hybridized carbons (Fsp3) is 0. The van der Waals surface area contributed by atoms with Crippen LogP contribution in [0.15, 0.2) is 60.9 Å². The van der Waals surface area contributed by atoms with E-state index in [1.54, 1.807) is 12.4 Å². The predicted octanol–water partition coefficient (Wildman–Crippen LogP) is 1.48. The molecule has 101 valence electrons. The van der Waals surface area contributed by atoms with Gasteiger partial charge in [-0.2, -0.15) is 0 Å². The van der Waals surface area contributed by atoms with Gasteiger partial charge in [0.2, 0.25) is 0 Å². The summed E-state index contributed by atoms with van der Waals surface area (Å²) >= 11 is 0. The monoisotopic (exact) mass is 277 g/mol. The summed E-state index contributed by atoms with van der Waals surface area (Å²) in [7, 11) is 1.19. The molecule has 2 heterocycles. The topological polar surface area (TPSA) is 54.1 Å². The molecule has 4 aromatic rings. The van der Waals surface area contributed by atoms with E-state index < -0.39 is 0 Å². The quantitative estimate of drug-likeness (QED) is 0.530. The minimum Gasteiger partial charge on any atom is -0.418 e. The van der Waals surface area contributed by atoms with E-state index in [0.717, 1.165) is 21.8 Å². The highest BCUT2D eigenvalue weighted by molar-refractivity contribution is 6.18. The maximum Gasteiger partial charge on any atom is 0.704 e. The molecule has 0 saturated carbocycles. The number of benzene rings is 2. The number of para-hydroxylation sites is 2. The van der Waals surface area contributed by atoms with Crippen LogP contribution in [0.4, 0.5) is 0 Å². The molecule has 7 heteroatoms. The summed E-state index contributed by atoms with van der Waals surface area (Å²) < 4.78 is 10.8. The standard InChI is InChI=1S/C14H10BN4O2/c1-3-7-13-11(5-1)9-16-18(13)20-15-21-19-14-8-4-2-6-12(14)10-17-19/h1-10H. The Balaban J connectivity index is 1.50. The van der Waals surface area contributed by atoms with Crippen LogP contribution in [-0.2, 0) is 0 Å². The Hall–Kier alpha value is -2.96. The van der Waals surface area contributed by atoms with E-state index in [-0.39, 0.29) is 0 Å². The summed E-state index contributed by atoms with van der Waals surface area (Å²) in [5.74, 6) is 0. The summed E-state index contributed by atoms with van der Waals surface area (Å²) in [4.78, 5) is 2.78. The van der Waals surface area contributed by atoms with Crippen molar-refractivity contribution in [2.24, 2.45) is 0 Å². The van der Waals surface area contributed by atoms with Crippen molar-refractivity contribution in [3.63, 3.8) is 0 Å². The highest BCUT2D eigenvalue weighted by atomic mass is 16.8. The smallest absolute Gasteiger partial charge is 0.418 e. The average Bonchev–Trinajstić information content (AvgIpc) is 3.13. The molecule has 0 fully saturated rings. The lowest BCUT2D eigenvalue weighted by Gasteiger charge is -2.06. The van der Waals surface area contributed by atoms with Crippen LogP contribution in [0.2, 0.25) is 0 Å². The largest absolute Gasteiger partial charge is 0.704 e. The van der Waals surface area contributed by atoms with Crippen LogP contribution in [-0.4, -0.2) is 27.6 Å². The first kappa shape index (κ1) is 11.8. The molecule has 0 atom stereocenters. The minimum absolute atomic E-state index is 0.864. The van der Waals surface area contributed by atoms with E-state index >= 15 is 0 Å². The van der Waals surface area contributed by atoms with Gasteiger partial charge in [0.15, 0.2) is 0 Å². The summed E-state index contributed by atoms with van der Waals surface area (Å²) in [6.45, 7) is 0. The molecule has 6 nitrogen and oxygen atoms in total. The number of aromatic nitrogens is 4. The lowest BCUT2D eigenvalue weighted by Crippen LogP contribution is -2.28. The predicted molar refractivity (Wildman–Crippen MR) is 78.4 cm³/mol. The Morgan fingerprint density at radius 2 is 1.19 bits per heavy atom. The maximum atomic E-state index is 5.38. The lowest BCUT2D eigenvalue weighted by molar-refractivity contribution is 0.162. The van der Waals surface area contributed by atoms with E-state index in [9.17, 15) is 0 Å². The molecule has 0 aliphatic carbocycles. The highest BCUT2D eigenvalue weighted by Gasteiger charge is 2.08. The van der Waals surface area contributed by atoms with Gasteiger partial charge < -0.3 is 9.51 Å². The number of rotatable bonds is 4. The Bertz CT molecular complexity index is 828. The van der Waals surface area contributed by atoms with Gasteiger partial charge in [-0.3, -0.25) is 0 Å². The zero-order chi connectivity index (χ0) is 14.1. The summed E-state index contributed by atoms with van der Waals surface area (Å²) in [5, 5.41) is 10.3. The van der Waals surface area contributed by atoms with Crippen LogP contribution in [0.1, 0.15) is 0 Å². The molecule has 0 amide bonds. The van der Waals surface area contributed by atoms with Crippen LogP contribution in [0, 0.1) is 0 Å². The second-order valence-electron chi connectivity index (χ2n) is 4.46. The fourth-order valence-electron chi connectivity index (χ4n) is 2.16. The molecule has 2 aromatic heterocycles. The van der Waals surface area contributed by atoms with Crippen LogP contribution in [0.25, 0.3) is 21.8 Å². The summed E-state index contributed by atoms with van der Waals surface area (Å²) in [5.41, 5.74) is 1.73. The Kier molecular flexibility index (Phi) is 2.74. The normalized spacial score (nSPS) is 10.9. The Morgan fingerprint density at radius 3 is 1.71 bits per heavy atom. The zero-order valence-electron chi connectivity index (χ0n) is 11.0. The first-order chi connectivity index (χ1) is 10.4. The van der Waals surface area contributed by atoms with Crippen molar-refractivity contribution in [2.75, 3.05) is 0 Å². The third-order valence-electron chi connectivity index (χ3n) is 3.17. The van der Waals surface area contributed by atoms with E-state index in [0.29, 0.717) is 0 Å². The Morgan fingerprint density at radius 1 is 0.714 bits per heavy atom. The van der Waals surface area contributed by atoms with Gasteiger partial charge in [0.25, 0.3) is 0 Å². The van der Waals surface area contributed by atoms with E-state index in [1.807, 2.05) is 48.5 Å². The van der Waals surface area contributed by atoms with Crippen molar-refractivity contribution >= 4 is 29.5 Å². The lowest BCUT2D eigenvalue weighted by atomic mass is 10.3. The van der Waals surface area contributed by atoms with Gasteiger partial charge in [0, 0.05) is 10.8 Å². The molecule has 0 saturated heterocycles. The van der Waals surface area contributed by atoms with Crippen molar-refractivity contribution in [2.45, 2.75) is 0 Å². The molecule has 0 spiro atoms. The fourth-order valence-corrected chi connectivity index (χ4v) is 2.16. The van der Waals surface area contributed by atoms with Crippen molar-refractivity contribution < 1.29 is 9.51 Å². The van der Waals surface area contributed by atoms with Crippen molar-refractivity contribution in [3.8, 4) is 0 Å². The number of nitrogens with zero attached hydrogens (tertiary/aromatic N) is 4. The van der Waals surface area contributed by atoms with Gasteiger partial charge in [-0.25, -0.2) is 0 Å². The number of hydrogen-bond acceptors (Lipinski definition) is 4. The van der Waals surface area contributed by atoms with Gasteiger partial charge in [0.05, 0.1) is 12.4 Å². The molecule has 1 radical (unpaired) electrons. The van der Waals surface area contributed by atoms with Crippen LogP contribution < -0.4 is 9.51 Å². The molecule has 4 rings (SSSR count). The molecule has 0 unspecified atom stereocenters. The van der Waals surface area contributed by atoms with Gasteiger partial charge in [0.1, 0.15) is 11.0 Å². The summed E-state index contributed by atoms with van der Waals surface area (Å²) in [6, 6.07) is 15.5. The van der Waals surface area contributed by atoms with Gasteiger partial charge in [-0.05, 0) is 12.1 Å². The van der Waals surface area contributed by atoms with E-state index in [2.05, 4.69) is 10.2 Å². The molecule has 21 heavy (non-hydrogen) atoms. The van der Waals surface area contributed by atoms with Crippen molar-refractivity contribution in [1.82, 2.24) is 19.9 Å². The first-order valence-corrected chi connectivity index (χ1v) is 6.43. The van der Waals surface area contributed by atoms with Crippen molar-refractivity contribution in [3.05, 3.63) is 60.9 Å². The Labute approximate surface area is 120 Å². The SMILES string of the molecule is [B](On1ncc2ccccc21)On1ncc2ccccc21. The van der Waals surface area contributed by atoms with Crippen LogP contribution in [0.3, 0.4) is 0 Å². The molecule has 0 aliphatic rings. The molecule has 0 bridgehead atoms. The van der Waals surface area contributed by atoms with E-state index in [4.69, 9.17) is 9.51 Å². The van der Waals surface area contributed by atoms with Gasteiger partial charge in [-0.1, -0.05) is 36.4 Å². The van der Waals surface area contributed by atoms with Gasteiger partial charge >= 0.3 is 7.69 Å². The highest BCUT2D eigenvalue weighted by Crippen LogP contribution is 2.12. The minimum atomic E-state index is 0.864. The van der Waals surface area contributed by atoms with Crippen molar-refractivity contribution in [1.29, 1.82) is 0 Å². The molecular formula is C14H10BN4O2. The second-order valence-corrected chi connectivity index (χ2v) is 4.46. The summed E-state index contributed by atoms with van der Waals surface area (Å²) in [6.07, 6.45) is 3.46. The van der Waals surface area contributed by atoms with E-state index in [1.165, 1.54) is 17.4 Å². The van der Waals surface area contributed by atoms with Crippen LogP contribution >= 0.6 is 0 Å². The van der Waals surface area contributed by atoms with Gasteiger partial charge in [-0.15, -0.1) is 19.9 Å². The number of hydrogen-bond donors (Lipinski definition) is 0. The molecular weight excluding hydrogens is 267 g/mol. The number of fused-ring (bicyclic) bond motifs is 2. The zero-order valence-corrected chi connectivity index (χ0v) is 11.0. The third-order valence-corrected chi connectivity index (χ3v) is 3.17. The third kappa shape index (κ3) is 2.08. The second kappa shape index (κ2) is 4.86.